The average molecular weight is 249 g/mol. The fourth-order valence-corrected chi connectivity index (χ4v) is 1.37. The zero-order valence-corrected chi connectivity index (χ0v) is 9.35. The largest absolute Gasteiger partial charge is 0.378 e. The van der Waals surface area contributed by atoms with E-state index in [2.05, 4.69) is 20.6 Å². The Morgan fingerprint density at radius 3 is 2.94 bits per heavy atom. The summed E-state index contributed by atoms with van der Waals surface area (Å²) < 4.78 is 1.65. The number of hydrogen-bond acceptors (Lipinski definition) is 7. The van der Waals surface area contributed by atoms with Crippen LogP contribution < -0.4 is 11.1 Å². The number of nitrogens with two attached hydrogens (primary N) is 1. The Kier molecular flexibility index (Phi) is 3.32. The summed E-state index contributed by atoms with van der Waals surface area (Å²) >= 11 is 0. The fourth-order valence-electron chi connectivity index (χ4n) is 1.37. The Morgan fingerprint density at radius 2 is 2.33 bits per heavy atom. The third kappa shape index (κ3) is 2.70. The quantitative estimate of drug-likeness (QED) is 0.575. The van der Waals surface area contributed by atoms with Gasteiger partial charge < -0.3 is 11.1 Å². The molecule has 0 aliphatic carbocycles. The Labute approximate surface area is 102 Å². The van der Waals surface area contributed by atoms with Gasteiger partial charge in [-0.25, -0.2) is 4.98 Å². The number of aromatic nitrogens is 4. The van der Waals surface area contributed by atoms with Crippen molar-refractivity contribution < 1.29 is 4.92 Å². The molecule has 2 rings (SSSR count). The lowest BCUT2D eigenvalue weighted by atomic mass is 10.4. The fraction of sp³-hybridized carbons (Fsp3) is 0.222. The molecule has 0 unspecified atom stereocenters. The SMILES string of the molecule is Nc1nc(NCCn2ccnn2)ccc1[N+](=O)[O-]. The molecule has 0 saturated carbocycles. The molecule has 0 fully saturated rings. The third-order valence-corrected chi connectivity index (χ3v) is 2.22. The van der Waals surface area contributed by atoms with Crippen molar-refractivity contribution in [3.63, 3.8) is 0 Å². The van der Waals surface area contributed by atoms with Crippen molar-refractivity contribution in [2.45, 2.75) is 6.54 Å². The summed E-state index contributed by atoms with van der Waals surface area (Å²) in [7, 11) is 0. The maximum Gasteiger partial charge on any atom is 0.311 e. The standard InChI is InChI=1S/C9H11N7O2/c10-9-7(16(17)18)1-2-8(13-9)11-3-5-15-6-4-12-14-15/h1-2,4,6H,3,5H2,(H3,10,11,13). The minimum Gasteiger partial charge on any atom is -0.378 e. The lowest BCUT2D eigenvalue weighted by Gasteiger charge is -2.05. The molecular weight excluding hydrogens is 238 g/mol. The first-order valence-corrected chi connectivity index (χ1v) is 5.15. The molecule has 0 aliphatic heterocycles. The van der Waals surface area contributed by atoms with E-state index < -0.39 is 4.92 Å². The van der Waals surface area contributed by atoms with E-state index in [1.807, 2.05) is 0 Å². The molecule has 9 heteroatoms. The first-order valence-electron chi connectivity index (χ1n) is 5.15. The van der Waals surface area contributed by atoms with Crippen molar-refractivity contribution in [2.24, 2.45) is 0 Å². The van der Waals surface area contributed by atoms with E-state index in [9.17, 15) is 10.1 Å². The van der Waals surface area contributed by atoms with Crippen LogP contribution in [0.15, 0.2) is 24.5 Å². The smallest absolute Gasteiger partial charge is 0.311 e. The van der Waals surface area contributed by atoms with Gasteiger partial charge in [0.05, 0.1) is 17.7 Å². The summed E-state index contributed by atoms with van der Waals surface area (Å²) in [5.74, 6) is 0.379. The summed E-state index contributed by atoms with van der Waals surface area (Å²) in [4.78, 5) is 13.9. The predicted octanol–water partition coefficient (Wildman–Crippen LogP) is 0.276. The molecule has 9 nitrogen and oxygen atoms in total. The highest BCUT2D eigenvalue weighted by Gasteiger charge is 2.12. The number of anilines is 2. The van der Waals surface area contributed by atoms with Crippen LogP contribution in [0.3, 0.4) is 0 Å². The predicted molar refractivity (Wildman–Crippen MR) is 63.8 cm³/mol. The molecular formula is C9H11N7O2. The van der Waals surface area contributed by atoms with Crippen molar-refractivity contribution in [1.82, 2.24) is 20.0 Å². The molecule has 0 spiro atoms. The van der Waals surface area contributed by atoms with E-state index in [1.54, 1.807) is 17.1 Å². The normalized spacial score (nSPS) is 10.2. The molecule has 0 atom stereocenters. The number of nitro groups is 1. The van der Waals surface area contributed by atoms with Gasteiger partial charge in [-0.3, -0.25) is 14.8 Å². The van der Waals surface area contributed by atoms with E-state index in [0.29, 0.717) is 18.9 Å². The lowest BCUT2D eigenvalue weighted by Crippen LogP contribution is -2.12. The Balaban J connectivity index is 1.94. The number of nitrogens with zero attached hydrogens (tertiary/aromatic N) is 5. The van der Waals surface area contributed by atoms with Crippen LogP contribution >= 0.6 is 0 Å². The van der Waals surface area contributed by atoms with Crippen LogP contribution in [0.1, 0.15) is 0 Å². The minimum atomic E-state index is -0.568. The zero-order valence-electron chi connectivity index (χ0n) is 9.35. The van der Waals surface area contributed by atoms with Gasteiger partial charge >= 0.3 is 5.69 Å². The van der Waals surface area contributed by atoms with Gasteiger partial charge in [-0.15, -0.1) is 5.10 Å². The van der Waals surface area contributed by atoms with Gasteiger partial charge in [0.15, 0.2) is 0 Å². The topological polar surface area (TPSA) is 125 Å². The highest BCUT2D eigenvalue weighted by molar-refractivity contribution is 5.57. The molecule has 0 radical (unpaired) electrons. The first-order chi connectivity index (χ1) is 8.66. The average Bonchev–Trinajstić information content (AvgIpc) is 2.81. The van der Waals surface area contributed by atoms with Gasteiger partial charge in [-0.05, 0) is 6.07 Å². The number of pyridine rings is 1. The van der Waals surface area contributed by atoms with Crippen molar-refractivity contribution in [3.8, 4) is 0 Å². The Bertz CT molecular complexity index is 540. The highest BCUT2D eigenvalue weighted by atomic mass is 16.6. The van der Waals surface area contributed by atoms with Crippen molar-refractivity contribution in [2.75, 3.05) is 17.6 Å². The van der Waals surface area contributed by atoms with Crippen LogP contribution in [0.4, 0.5) is 17.3 Å². The molecule has 0 aromatic carbocycles. The van der Waals surface area contributed by atoms with E-state index in [4.69, 9.17) is 5.73 Å². The molecule has 0 saturated heterocycles. The molecule has 0 bridgehead atoms. The van der Waals surface area contributed by atoms with Crippen LogP contribution in [-0.4, -0.2) is 31.4 Å². The maximum absolute atomic E-state index is 10.5. The van der Waals surface area contributed by atoms with Gasteiger partial charge in [-0.2, -0.15) is 0 Å². The van der Waals surface area contributed by atoms with E-state index >= 15 is 0 Å². The van der Waals surface area contributed by atoms with E-state index in [-0.39, 0.29) is 11.5 Å². The zero-order chi connectivity index (χ0) is 13.0. The van der Waals surface area contributed by atoms with Crippen LogP contribution in [0.5, 0.6) is 0 Å². The second-order valence-corrected chi connectivity index (χ2v) is 3.45. The van der Waals surface area contributed by atoms with E-state index in [1.165, 1.54) is 12.1 Å². The Morgan fingerprint density at radius 1 is 1.50 bits per heavy atom. The maximum atomic E-state index is 10.5. The summed E-state index contributed by atoms with van der Waals surface area (Å²) in [5.41, 5.74) is 5.27. The van der Waals surface area contributed by atoms with Crippen molar-refractivity contribution in [1.29, 1.82) is 0 Å². The molecule has 2 aromatic heterocycles. The monoisotopic (exact) mass is 249 g/mol. The second kappa shape index (κ2) is 5.08. The highest BCUT2D eigenvalue weighted by Crippen LogP contribution is 2.20. The summed E-state index contributed by atoms with van der Waals surface area (Å²) in [6.45, 7) is 1.17. The molecule has 2 heterocycles. The summed E-state index contributed by atoms with van der Waals surface area (Å²) in [6, 6.07) is 2.83. The molecule has 0 amide bonds. The number of nitrogen functional groups attached to an aromatic ring is 1. The minimum absolute atomic E-state index is 0.106. The van der Waals surface area contributed by atoms with Gasteiger partial charge in [0.25, 0.3) is 0 Å². The van der Waals surface area contributed by atoms with Crippen LogP contribution in [-0.2, 0) is 6.54 Å². The Hall–Kier alpha value is -2.71. The van der Waals surface area contributed by atoms with Crippen LogP contribution in [0.2, 0.25) is 0 Å². The molecule has 94 valence electrons. The van der Waals surface area contributed by atoms with Gasteiger partial charge in [-0.1, -0.05) is 5.21 Å². The van der Waals surface area contributed by atoms with Crippen LogP contribution in [0.25, 0.3) is 0 Å². The van der Waals surface area contributed by atoms with Crippen molar-refractivity contribution in [3.05, 3.63) is 34.6 Å². The molecule has 18 heavy (non-hydrogen) atoms. The molecule has 3 N–H and O–H groups in total. The number of rotatable bonds is 5. The van der Waals surface area contributed by atoms with Crippen LogP contribution in [0, 0.1) is 10.1 Å². The number of nitrogens with one attached hydrogen (secondary N) is 1. The van der Waals surface area contributed by atoms with Gasteiger partial charge in [0.2, 0.25) is 5.82 Å². The lowest BCUT2D eigenvalue weighted by molar-refractivity contribution is -0.384. The van der Waals surface area contributed by atoms with Gasteiger partial charge in [0, 0.05) is 18.8 Å². The second-order valence-electron chi connectivity index (χ2n) is 3.45. The third-order valence-electron chi connectivity index (χ3n) is 2.22. The summed E-state index contributed by atoms with van der Waals surface area (Å²) in [6.07, 6.45) is 3.32. The molecule has 0 aliphatic rings. The van der Waals surface area contributed by atoms with Gasteiger partial charge in [0.1, 0.15) is 5.82 Å². The summed E-state index contributed by atoms with van der Waals surface area (Å²) in [5, 5.41) is 21.0. The van der Waals surface area contributed by atoms with E-state index in [0.717, 1.165) is 0 Å². The number of hydrogen-bond donors (Lipinski definition) is 2. The van der Waals surface area contributed by atoms with Crippen molar-refractivity contribution >= 4 is 17.3 Å². The first kappa shape index (κ1) is 11.8. The molecule has 2 aromatic rings.